The molecule has 0 bridgehead atoms. The number of carboxylic acid groups (broad SMARTS) is 1. The summed E-state index contributed by atoms with van der Waals surface area (Å²) in [5.41, 5.74) is -1.99. The van der Waals surface area contributed by atoms with Crippen LogP contribution >= 0.6 is 0 Å². The van der Waals surface area contributed by atoms with Gasteiger partial charge in [0.2, 0.25) is 0 Å². The van der Waals surface area contributed by atoms with Crippen molar-refractivity contribution in [2.45, 2.75) is 45.3 Å². The molecule has 2 rings (SSSR count). The number of Topliss-reactive ketones (excluding diaryl/α,β-unsaturated/α-hetero) is 1. The van der Waals surface area contributed by atoms with Crippen LogP contribution in [0.15, 0.2) is 12.1 Å². The predicted octanol–water partition coefficient (Wildman–Crippen LogP) is 3.26. The van der Waals surface area contributed by atoms with Crippen LogP contribution in [-0.2, 0) is 9.47 Å². The molecule has 0 aliphatic carbocycles. The highest BCUT2D eigenvalue weighted by atomic mass is 19.1. The van der Waals surface area contributed by atoms with E-state index in [-0.39, 0.29) is 26.0 Å². The first kappa shape index (κ1) is 21.7. The number of morpholine rings is 1. The molecule has 1 N–H and O–H groups in total. The van der Waals surface area contributed by atoms with E-state index >= 15 is 0 Å². The van der Waals surface area contributed by atoms with Crippen molar-refractivity contribution >= 4 is 17.8 Å². The largest absolute Gasteiger partial charge is 0.478 e. The number of aromatic carboxylic acids is 1. The Hall–Kier alpha value is -2.55. The van der Waals surface area contributed by atoms with Gasteiger partial charge in [-0.2, -0.15) is 0 Å². The summed E-state index contributed by atoms with van der Waals surface area (Å²) in [5.74, 6) is -4.73. The molecular formula is C19H23F2NO6. The molecule has 0 saturated carbocycles. The monoisotopic (exact) mass is 399 g/mol. The van der Waals surface area contributed by atoms with Crippen LogP contribution in [0.25, 0.3) is 0 Å². The molecule has 1 aliphatic rings. The Labute approximate surface area is 161 Å². The number of benzene rings is 1. The molecule has 9 heteroatoms. The average molecular weight is 399 g/mol. The summed E-state index contributed by atoms with van der Waals surface area (Å²) in [6.45, 7) is 6.05. The minimum absolute atomic E-state index is 0.150. The molecule has 1 amide bonds. The van der Waals surface area contributed by atoms with Crippen LogP contribution < -0.4 is 0 Å². The SMILES string of the molecule is CC(C)(C)OC(=O)N1CCO[C@@H](CCC(=O)c2c(F)cc(C(=O)O)cc2F)C1. The maximum Gasteiger partial charge on any atom is 0.410 e. The molecule has 0 unspecified atom stereocenters. The maximum absolute atomic E-state index is 14.0. The lowest BCUT2D eigenvalue weighted by Gasteiger charge is -2.34. The number of hydrogen-bond acceptors (Lipinski definition) is 5. The third kappa shape index (κ3) is 5.72. The number of hydrogen-bond donors (Lipinski definition) is 1. The summed E-state index contributed by atoms with van der Waals surface area (Å²) in [5, 5.41) is 8.80. The number of rotatable bonds is 5. The van der Waals surface area contributed by atoms with Crippen LogP contribution in [0.5, 0.6) is 0 Å². The quantitative estimate of drug-likeness (QED) is 0.764. The van der Waals surface area contributed by atoms with Gasteiger partial charge in [-0.05, 0) is 39.3 Å². The number of ether oxygens (including phenoxy) is 2. The highest BCUT2D eigenvalue weighted by molar-refractivity contribution is 5.98. The van der Waals surface area contributed by atoms with E-state index in [0.717, 1.165) is 0 Å². The van der Waals surface area contributed by atoms with Crippen molar-refractivity contribution < 1.29 is 37.7 Å². The topological polar surface area (TPSA) is 93.1 Å². The van der Waals surface area contributed by atoms with Gasteiger partial charge in [-0.15, -0.1) is 0 Å². The summed E-state index contributed by atoms with van der Waals surface area (Å²) in [6, 6.07) is 1.22. The second kappa shape index (κ2) is 8.64. The fraction of sp³-hybridized carbons (Fsp3) is 0.526. The van der Waals surface area contributed by atoms with Crippen molar-refractivity contribution in [2.24, 2.45) is 0 Å². The minimum atomic E-state index is -1.49. The first-order valence-electron chi connectivity index (χ1n) is 8.83. The molecule has 1 aromatic carbocycles. The van der Waals surface area contributed by atoms with Crippen LogP contribution in [0.2, 0.25) is 0 Å². The second-order valence-corrected chi connectivity index (χ2v) is 7.50. The summed E-state index contributed by atoms with van der Waals surface area (Å²) >= 11 is 0. The Bertz CT molecular complexity index is 751. The molecular weight excluding hydrogens is 376 g/mol. The lowest BCUT2D eigenvalue weighted by atomic mass is 10.0. The van der Waals surface area contributed by atoms with Crippen molar-refractivity contribution in [1.29, 1.82) is 0 Å². The number of carboxylic acids is 1. The molecule has 28 heavy (non-hydrogen) atoms. The van der Waals surface area contributed by atoms with E-state index in [2.05, 4.69) is 0 Å². The van der Waals surface area contributed by atoms with Crippen LogP contribution in [-0.4, -0.2) is 59.3 Å². The zero-order valence-corrected chi connectivity index (χ0v) is 16.0. The summed E-state index contributed by atoms with van der Waals surface area (Å²) in [7, 11) is 0. The fourth-order valence-corrected chi connectivity index (χ4v) is 2.77. The molecule has 0 spiro atoms. The van der Waals surface area contributed by atoms with E-state index in [1.807, 2.05) is 0 Å². The van der Waals surface area contributed by atoms with Crippen LogP contribution in [0.3, 0.4) is 0 Å². The lowest BCUT2D eigenvalue weighted by Crippen LogP contribution is -2.47. The summed E-state index contributed by atoms with van der Waals surface area (Å²) in [6.07, 6.45) is -1.03. The molecule has 1 aliphatic heterocycles. The van der Waals surface area contributed by atoms with Gasteiger partial charge in [-0.1, -0.05) is 0 Å². The van der Waals surface area contributed by atoms with Crippen molar-refractivity contribution in [1.82, 2.24) is 4.90 Å². The van der Waals surface area contributed by atoms with Gasteiger partial charge >= 0.3 is 12.1 Å². The maximum atomic E-state index is 14.0. The Morgan fingerprint density at radius 2 is 1.86 bits per heavy atom. The Kier molecular flexibility index (Phi) is 6.71. The molecule has 7 nitrogen and oxygen atoms in total. The van der Waals surface area contributed by atoms with Gasteiger partial charge in [0.1, 0.15) is 17.2 Å². The third-order valence-electron chi connectivity index (χ3n) is 4.05. The van der Waals surface area contributed by atoms with E-state index in [9.17, 15) is 23.2 Å². The van der Waals surface area contributed by atoms with E-state index < -0.39 is 52.3 Å². The molecule has 1 saturated heterocycles. The summed E-state index contributed by atoms with van der Waals surface area (Å²) < 4.78 is 38.8. The predicted molar refractivity (Wildman–Crippen MR) is 94.4 cm³/mol. The average Bonchev–Trinajstić information content (AvgIpc) is 2.58. The van der Waals surface area contributed by atoms with Crippen LogP contribution in [0, 0.1) is 11.6 Å². The first-order valence-corrected chi connectivity index (χ1v) is 8.83. The van der Waals surface area contributed by atoms with Gasteiger partial charge in [0.15, 0.2) is 5.78 Å². The van der Waals surface area contributed by atoms with Crippen molar-refractivity contribution in [3.05, 3.63) is 34.9 Å². The number of carbonyl (C=O) groups is 3. The molecule has 0 aromatic heterocycles. The number of amides is 1. The third-order valence-corrected chi connectivity index (χ3v) is 4.05. The molecule has 1 heterocycles. The zero-order valence-electron chi connectivity index (χ0n) is 16.0. The van der Waals surface area contributed by atoms with Gasteiger partial charge in [-0.25, -0.2) is 18.4 Å². The van der Waals surface area contributed by atoms with Gasteiger partial charge < -0.3 is 19.5 Å². The smallest absolute Gasteiger partial charge is 0.410 e. The Morgan fingerprint density at radius 1 is 1.25 bits per heavy atom. The molecule has 1 fully saturated rings. The Balaban J connectivity index is 1.97. The zero-order chi connectivity index (χ0) is 21.1. The number of nitrogens with zero attached hydrogens (tertiary/aromatic N) is 1. The van der Waals surface area contributed by atoms with Gasteiger partial charge in [0.05, 0.1) is 30.4 Å². The number of ketones is 1. The highest BCUT2D eigenvalue weighted by Gasteiger charge is 2.29. The lowest BCUT2D eigenvalue weighted by molar-refractivity contribution is -0.0443. The van der Waals surface area contributed by atoms with Crippen molar-refractivity contribution in [2.75, 3.05) is 19.7 Å². The molecule has 0 radical (unpaired) electrons. The van der Waals surface area contributed by atoms with Crippen LogP contribution in [0.1, 0.15) is 54.3 Å². The number of carbonyl (C=O) groups excluding carboxylic acids is 2. The normalized spacial score (nSPS) is 17.3. The van der Waals surface area contributed by atoms with Gasteiger partial charge in [0, 0.05) is 13.0 Å². The van der Waals surface area contributed by atoms with E-state index in [1.165, 1.54) is 4.90 Å². The van der Waals surface area contributed by atoms with Crippen molar-refractivity contribution in [3.8, 4) is 0 Å². The minimum Gasteiger partial charge on any atom is -0.478 e. The van der Waals surface area contributed by atoms with E-state index in [4.69, 9.17) is 14.6 Å². The molecule has 154 valence electrons. The number of halogens is 2. The van der Waals surface area contributed by atoms with Crippen LogP contribution in [0.4, 0.5) is 13.6 Å². The Morgan fingerprint density at radius 3 is 2.39 bits per heavy atom. The fourth-order valence-electron chi connectivity index (χ4n) is 2.77. The van der Waals surface area contributed by atoms with Gasteiger partial charge in [0.25, 0.3) is 0 Å². The molecule has 1 atom stereocenters. The standard InChI is InChI=1S/C19H23F2NO6/c1-19(2,3)28-18(26)22-6-7-27-12(10-22)4-5-15(23)16-13(20)8-11(17(24)25)9-14(16)21/h8-9,12H,4-7,10H2,1-3H3,(H,24,25)/t12-/m0/s1. The van der Waals surface area contributed by atoms with Gasteiger partial charge in [-0.3, -0.25) is 4.79 Å². The van der Waals surface area contributed by atoms with E-state index in [1.54, 1.807) is 20.8 Å². The summed E-state index contributed by atoms with van der Waals surface area (Å²) in [4.78, 5) is 36.6. The molecule has 1 aromatic rings. The van der Waals surface area contributed by atoms with E-state index in [0.29, 0.717) is 18.7 Å². The van der Waals surface area contributed by atoms with Crippen molar-refractivity contribution in [3.63, 3.8) is 0 Å². The second-order valence-electron chi connectivity index (χ2n) is 7.50. The first-order chi connectivity index (χ1) is 13.0. The highest BCUT2D eigenvalue weighted by Crippen LogP contribution is 2.20.